The zero-order chi connectivity index (χ0) is 22.2. The smallest absolute Gasteiger partial charge is 0.243 e. The van der Waals surface area contributed by atoms with Gasteiger partial charge in [-0.3, -0.25) is 9.59 Å². The number of nitrogens with one attached hydrogen (secondary N) is 1. The molecule has 1 aliphatic carbocycles. The van der Waals surface area contributed by atoms with Gasteiger partial charge in [0.05, 0.1) is 13.5 Å². The van der Waals surface area contributed by atoms with Crippen molar-refractivity contribution in [1.29, 1.82) is 0 Å². The van der Waals surface area contributed by atoms with Gasteiger partial charge in [0.2, 0.25) is 11.8 Å². The Hall–Kier alpha value is -2.82. The summed E-state index contributed by atoms with van der Waals surface area (Å²) < 4.78 is 5.34. The number of benzene rings is 2. The number of carbonyl (C=O) groups is 2. The lowest BCUT2D eigenvalue weighted by Gasteiger charge is -2.31. The molecule has 0 spiro atoms. The molecule has 2 amide bonds. The molecule has 0 aliphatic heterocycles. The van der Waals surface area contributed by atoms with Crippen molar-refractivity contribution < 1.29 is 14.3 Å². The molecule has 5 heteroatoms. The number of methoxy groups -OCH3 is 1. The highest BCUT2D eigenvalue weighted by Gasteiger charge is 2.30. The Morgan fingerprint density at radius 3 is 2.45 bits per heavy atom. The first-order valence-corrected chi connectivity index (χ1v) is 11.3. The van der Waals surface area contributed by atoms with Crippen molar-refractivity contribution in [2.24, 2.45) is 0 Å². The quantitative estimate of drug-likeness (QED) is 0.651. The van der Waals surface area contributed by atoms with Crippen LogP contribution in [0.1, 0.15) is 55.7 Å². The van der Waals surface area contributed by atoms with Crippen LogP contribution in [-0.4, -0.2) is 35.9 Å². The summed E-state index contributed by atoms with van der Waals surface area (Å²) in [6, 6.07) is 15.4. The molecule has 5 nitrogen and oxygen atoms in total. The van der Waals surface area contributed by atoms with Crippen LogP contribution in [0.4, 0.5) is 0 Å². The van der Waals surface area contributed by atoms with Crippen LogP contribution in [0, 0.1) is 6.92 Å². The maximum atomic E-state index is 13.4. The van der Waals surface area contributed by atoms with Gasteiger partial charge < -0.3 is 15.0 Å². The van der Waals surface area contributed by atoms with Gasteiger partial charge in [-0.15, -0.1) is 0 Å². The summed E-state index contributed by atoms with van der Waals surface area (Å²) in [5.74, 6) is 0.654. The molecule has 2 aromatic carbocycles. The molecule has 0 saturated heterocycles. The summed E-state index contributed by atoms with van der Waals surface area (Å²) >= 11 is 0. The Bertz CT molecular complexity index is 872. The lowest BCUT2D eigenvalue weighted by Crippen LogP contribution is -2.51. The van der Waals surface area contributed by atoms with Gasteiger partial charge in [-0.2, -0.15) is 0 Å². The van der Waals surface area contributed by atoms with E-state index in [-0.39, 0.29) is 24.3 Å². The average Bonchev–Trinajstić information content (AvgIpc) is 3.28. The third kappa shape index (κ3) is 6.33. The zero-order valence-electron chi connectivity index (χ0n) is 18.9. The highest BCUT2D eigenvalue weighted by Crippen LogP contribution is 2.21. The highest BCUT2D eigenvalue weighted by atomic mass is 16.5. The van der Waals surface area contributed by atoms with E-state index >= 15 is 0 Å². The van der Waals surface area contributed by atoms with E-state index in [4.69, 9.17) is 4.74 Å². The van der Waals surface area contributed by atoms with Crippen LogP contribution in [0.3, 0.4) is 0 Å². The first kappa shape index (κ1) is 22.9. The van der Waals surface area contributed by atoms with E-state index in [1.165, 1.54) is 0 Å². The number of hydrogen-bond donors (Lipinski definition) is 1. The van der Waals surface area contributed by atoms with Gasteiger partial charge in [-0.25, -0.2) is 0 Å². The molecule has 0 heterocycles. The monoisotopic (exact) mass is 422 g/mol. The molecule has 3 rings (SSSR count). The standard InChI is InChI=1S/C26H34N2O3/c1-4-24(26(30)27-22-9-5-6-10-22)28(18-21-8-7-11-23(16-21)31-3)25(29)17-20-14-12-19(2)13-15-20/h7-8,11-16,22,24H,4-6,9-10,17-18H2,1-3H3,(H,27,30)/t24-/m0/s1. The molecule has 166 valence electrons. The van der Waals surface area contributed by atoms with E-state index in [0.717, 1.165) is 48.1 Å². The molecule has 0 bridgehead atoms. The second kappa shape index (κ2) is 11.0. The lowest BCUT2D eigenvalue weighted by molar-refractivity contribution is -0.141. The van der Waals surface area contributed by atoms with Gasteiger partial charge in [0, 0.05) is 12.6 Å². The fourth-order valence-corrected chi connectivity index (χ4v) is 4.24. The van der Waals surface area contributed by atoms with Crippen molar-refractivity contribution in [2.45, 2.75) is 71.0 Å². The van der Waals surface area contributed by atoms with Crippen molar-refractivity contribution in [3.05, 3.63) is 65.2 Å². The number of amides is 2. The molecule has 0 unspecified atom stereocenters. The minimum Gasteiger partial charge on any atom is -0.497 e. The Morgan fingerprint density at radius 2 is 1.81 bits per heavy atom. The minimum absolute atomic E-state index is 0.0416. The van der Waals surface area contributed by atoms with Gasteiger partial charge >= 0.3 is 0 Å². The molecule has 31 heavy (non-hydrogen) atoms. The first-order chi connectivity index (χ1) is 15.0. The third-order valence-corrected chi connectivity index (χ3v) is 6.05. The highest BCUT2D eigenvalue weighted by molar-refractivity contribution is 5.88. The summed E-state index contributed by atoms with van der Waals surface area (Å²) in [6.07, 6.45) is 5.20. The van der Waals surface area contributed by atoms with Gasteiger partial charge in [0.15, 0.2) is 0 Å². The SMILES string of the molecule is CC[C@@H](C(=O)NC1CCCC1)N(Cc1cccc(OC)c1)C(=O)Cc1ccc(C)cc1. The van der Waals surface area contributed by atoms with Gasteiger partial charge in [0.1, 0.15) is 11.8 Å². The molecule has 2 aromatic rings. The maximum Gasteiger partial charge on any atom is 0.243 e. The van der Waals surface area contributed by atoms with Crippen LogP contribution in [0.25, 0.3) is 0 Å². The Balaban J connectivity index is 1.82. The molecule has 0 aromatic heterocycles. The van der Waals surface area contributed by atoms with Crippen LogP contribution >= 0.6 is 0 Å². The van der Waals surface area contributed by atoms with Gasteiger partial charge in [-0.05, 0) is 49.4 Å². The molecule has 1 aliphatic rings. The van der Waals surface area contributed by atoms with Crippen LogP contribution < -0.4 is 10.1 Å². The number of hydrogen-bond acceptors (Lipinski definition) is 3. The van der Waals surface area contributed by atoms with Crippen molar-refractivity contribution in [3.63, 3.8) is 0 Å². The summed E-state index contributed by atoms with van der Waals surface area (Å²) in [5, 5.41) is 3.19. The zero-order valence-corrected chi connectivity index (χ0v) is 18.9. The Morgan fingerprint density at radius 1 is 1.10 bits per heavy atom. The number of aryl methyl sites for hydroxylation is 1. The number of rotatable bonds is 9. The summed E-state index contributed by atoms with van der Waals surface area (Å²) in [7, 11) is 1.63. The van der Waals surface area contributed by atoms with Crippen LogP contribution in [0.2, 0.25) is 0 Å². The maximum absolute atomic E-state index is 13.4. The predicted octanol–water partition coefficient (Wildman–Crippen LogP) is 4.41. The number of nitrogens with zero attached hydrogens (tertiary/aromatic N) is 1. The van der Waals surface area contributed by atoms with Crippen molar-refractivity contribution in [2.75, 3.05) is 7.11 Å². The second-order valence-corrected chi connectivity index (χ2v) is 8.45. The summed E-state index contributed by atoms with van der Waals surface area (Å²) in [4.78, 5) is 28.3. The van der Waals surface area contributed by atoms with E-state index in [9.17, 15) is 9.59 Å². The second-order valence-electron chi connectivity index (χ2n) is 8.45. The van der Waals surface area contributed by atoms with E-state index in [1.54, 1.807) is 12.0 Å². The molecule has 1 saturated carbocycles. The molecule has 1 atom stereocenters. The molecule has 1 fully saturated rings. The largest absolute Gasteiger partial charge is 0.497 e. The first-order valence-electron chi connectivity index (χ1n) is 11.3. The van der Waals surface area contributed by atoms with Crippen LogP contribution in [-0.2, 0) is 22.6 Å². The van der Waals surface area contributed by atoms with E-state index in [2.05, 4.69) is 5.32 Å². The Kier molecular flexibility index (Phi) is 8.10. The topological polar surface area (TPSA) is 58.6 Å². The normalized spacial score (nSPS) is 14.8. The third-order valence-electron chi connectivity index (χ3n) is 6.05. The minimum atomic E-state index is -0.496. The molecular formula is C26H34N2O3. The lowest BCUT2D eigenvalue weighted by atomic mass is 10.1. The number of ether oxygens (including phenoxy) is 1. The predicted molar refractivity (Wildman–Crippen MR) is 123 cm³/mol. The van der Waals surface area contributed by atoms with Gasteiger partial charge in [-0.1, -0.05) is 61.7 Å². The van der Waals surface area contributed by atoms with E-state index in [1.807, 2.05) is 62.4 Å². The number of carbonyl (C=O) groups excluding carboxylic acids is 2. The summed E-state index contributed by atoms with van der Waals surface area (Å²) in [5.41, 5.74) is 3.06. The molecule has 0 radical (unpaired) electrons. The average molecular weight is 423 g/mol. The van der Waals surface area contributed by atoms with E-state index < -0.39 is 6.04 Å². The summed E-state index contributed by atoms with van der Waals surface area (Å²) in [6.45, 7) is 4.37. The molecular weight excluding hydrogens is 388 g/mol. The van der Waals surface area contributed by atoms with E-state index in [0.29, 0.717) is 13.0 Å². The van der Waals surface area contributed by atoms with Gasteiger partial charge in [0.25, 0.3) is 0 Å². The fraction of sp³-hybridized carbons (Fsp3) is 0.462. The van der Waals surface area contributed by atoms with Crippen molar-refractivity contribution in [1.82, 2.24) is 10.2 Å². The van der Waals surface area contributed by atoms with Crippen LogP contribution in [0.5, 0.6) is 5.75 Å². The Labute approximate surface area is 185 Å². The van der Waals surface area contributed by atoms with Crippen molar-refractivity contribution >= 4 is 11.8 Å². The fourth-order valence-electron chi connectivity index (χ4n) is 4.24. The molecule has 1 N–H and O–H groups in total. The van der Waals surface area contributed by atoms with Crippen LogP contribution in [0.15, 0.2) is 48.5 Å². The van der Waals surface area contributed by atoms with Crippen molar-refractivity contribution in [3.8, 4) is 5.75 Å².